The maximum atomic E-state index is 13.4. The third kappa shape index (κ3) is 3.63. The van der Waals surface area contributed by atoms with E-state index in [1.807, 2.05) is 53.4 Å². The van der Waals surface area contributed by atoms with Crippen LogP contribution in [-0.4, -0.2) is 24.0 Å². The van der Waals surface area contributed by atoms with E-state index in [1.54, 1.807) is 6.20 Å². The molecule has 4 rings (SSSR count). The van der Waals surface area contributed by atoms with Crippen molar-refractivity contribution >= 4 is 17.4 Å². The van der Waals surface area contributed by atoms with Gasteiger partial charge in [-0.25, -0.2) is 4.98 Å². The molecule has 0 bridgehead atoms. The van der Waals surface area contributed by atoms with Crippen molar-refractivity contribution in [2.24, 2.45) is 0 Å². The number of hydrogen-bond acceptors (Lipinski definition) is 3. The highest BCUT2D eigenvalue weighted by Gasteiger charge is 2.31. The van der Waals surface area contributed by atoms with E-state index >= 15 is 0 Å². The first kappa shape index (κ1) is 18.2. The van der Waals surface area contributed by atoms with Gasteiger partial charge in [0.1, 0.15) is 0 Å². The van der Waals surface area contributed by atoms with Gasteiger partial charge in [0.2, 0.25) is 5.91 Å². The number of nitrogens with zero attached hydrogens (tertiary/aromatic N) is 3. The summed E-state index contributed by atoms with van der Waals surface area (Å²) >= 11 is 0. The predicted octanol–water partition coefficient (Wildman–Crippen LogP) is 4.63. The van der Waals surface area contributed by atoms with Gasteiger partial charge in [-0.1, -0.05) is 67.6 Å². The lowest BCUT2D eigenvalue weighted by Crippen LogP contribution is -2.46. The second kappa shape index (κ2) is 8.26. The van der Waals surface area contributed by atoms with E-state index in [-0.39, 0.29) is 11.8 Å². The van der Waals surface area contributed by atoms with Gasteiger partial charge in [0.25, 0.3) is 0 Å². The van der Waals surface area contributed by atoms with Crippen LogP contribution < -0.4 is 9.80 Å². The summed E-state index contributed by atoms with van der Waals surface area (Å²) in [4.78, 5) is 22.2. The summed E-state index contributed by atoms with van der Waals surface area (Å²) in [6.45, 7) is 4.32. The summed E-state index contributed by atoms with van der Waals surface area (Å²) in [5.41, 5.74) is 3.23. The minimum absolute atomic E-state index is 0.130. The fourth-order valence-corrected chi connectivity index (χ4v) is 3.90. The molecular weight excluding hydrogens is 346 g/mol. The van der Waals surface area contributed by atoms with E-state index < -0.39 is 0 Å². The van der Waals surface area contributed by atoms with Gasteiger partial charge in [-0.15, -0.1) is 0 Å². The quantitative estimate of drug-likeness (QED) is 0.656. The number of hydrogen-bond donors (Lipinski definition) is 0. The average molecular weight is 371 g/mol. The Bertz CT molecular complexity index is 927. The Morgan fingerprint density at radius 2 is 1.68 bits per heavy atom. The van der Waals surface area contributed by atoms with Crippen molar-refractivity contribution in [3.8, 4) is 0 Å². The Hall–Kier alpha value is -3.14. The van der Waals surface area contributed by atoms with E-state index in [0.717, 1.165) is 36.6 Å². The van der Waals surface area contributed by atoms with Gasteiger partial charge in [-0.3, -0.25) is 4.79 Å². The summed E-state index contributed by atoms with van der Waals surface area (Å²) in [6, 6.07) is 24.4. The molecule has 0 aliphatic carbocycles. The summed E-state index contributed by atoms with van der Waals surface area (Å²) in [5.74, 6) is 0.908. The van der Waals surface area contributed by atoms with E-state index in [4.69, 9.17) is 0 Å². The van der Waals surface area contributed by atoms with E-state index in [0.29, 0.717) is 6.54 Å². The Labute approximate surface area is 166 Å². The van der Waals surface area contributed by atoms with Crippen LogP contribution >= 0.6 is 0 Å². The molecule has 0 N–H and O–H groups in total. The van der Waals surface area contributed by atoms with Crippen LogP contribution in [0.2, 0.25) is 0 Å². The molecule has 1 aromatic heterocycles. The molecule has 28 heavy (non-hydrogen) atoms. The van der Waals surface area contributed by atoms with Gasteiger partial charge < -0.3 is 9.80 Å². The number of aromatic nitrogens is 1. The zero-order chi connectivity index (χ0) is 19.3. The number of benzene rings is 2. The lowest BCUT2D eigenvalue weighted by atomic mass is 9.94. The minimum atomic E-state index is -0.130. The molecule has 4 nitrogen and oxygen atoms in total. The molecule has 3 aromatic rings. The number of pyridine rings is 1. The third-order valence-corrected chi connectivity index (χ3v) is 5.34. The molecule has 142 valence electrons. The van der Waals surface area contributed by atoms with Gasteiger partial charge in [-0.05, 0) is 29.7 Å². The lowest BCUT2D eigenvalue weighted by Gasteiger charge is -2.38. The van der Waals surface area contributed by atoms with Crippen LogP contribution in [0.25, 0.3) is 0 Å². The molecule has 0 radical (unpaired) electrons. The van der Waals surface area contributed by atoms with Gasteiger partial charge in [0.15, 0.2) is 5.82 Å². The average Bonchev–Trinajstić information content (AvgIpc) is 2.76. The third-order valence-electron chi connectivity index (χ3n) is 5.34. The van der Waals surface area contributed by atoms with Crippen LogP contribution in [0.1, 0.15) is 30.4 Å². The monoisotopic (exact) mass is 371 g/mol. The van der Waals surface area contributed by atoms with Crippen molar-refractivity contribution in [1.29, 1.82) is 0 Å². The Balaban J connectivity index is 1.62. The molecule has 1 amide bonds. The fourth-order valence-electron chi connectivity index (χ4n) is 3.90. The molecule has 2 heterocycles. The number of carbonyl (C=O) groups excluding carboxylic acids is 1. The van der Waals surface area contributed by atoms with Gasteiger partial charge in [0.05, 0.1) is 11.6 Å². The standard InChI is InChI=1S/C24H25N3O/c1-2-21(20-12-7-4-8-13-20)24(28)27-17-16-26(18-19-10-5-3-6-11-19)23-22(27)14-9-15-25-23/h3-15,21H,2,16-18H2,1H3. The lowest BCUT2D eigenvalue weighted by molar-refractivity contribution is -0.120. The molecule has 1 unspecified atom stereocenters. The molecule has 0 saturated heterocycles. The maximum absolute atomic E-state index is 13.4. The zero-order valence-electron chi connectivity index (χ0n) is 16.2. The first-order valence-electron chi connectivity index (χ1n) is 9.88. The molecule has 1 atom stereocenters. The Kier molecular flexibility index (Phi) is 5.38. The summed E-state index contributed by atoms with van der Waals surface area (Å²) in [6.07, 6.45) is 2.59. The first-order valence-corrected chi connectivity index (χ1v) is 9.88. The molecule has 0 saturated carbocycles. The molecular formula is C24H25N3O. The largest absolute Gasteiger partial charge is 0.349 e. The topological polar surface area (TPSA) is 36.4 Å². The van der Waals surface area contributed by atoms with E-state index in [1.165, 1.54) is 5.56 Å². The van der Waals surface area contributed by atoms with Crippen LogP contribution in [0, 0.1) is 0 Å². The normalized spacial score (nSPS) is 14.5. The van der Waals surface area contributed by atoms with E-state index in [2.05, 4.69) is 41.1 Å². The maximum Gasteiger partial charge on any atom is 0.234 e. The smallest absolute Gasteiger partial charge is 0.234 e. The highest BCUT2D eigenvalue weighted by molar-refractivity contribution is 6.01. The van der Waals surface area contributed by atoms with Crippen LogP contribution in [0.3, 0.4) is 0 Å². The highest BCUT2D eigenvalue weighted by atomic mass is 16.2. The minimum Gasteiger partial charge on any atom is -0.349 e. The number of rotatable bonds is 5. The van der Waals surface area contributed by atoms with Crippen molar-refractivity contribution in [2.45, 2.75) is 25.8 Å². The molecule has 1 aliphatic heterocycles. The number of amides is 1. The Morgan fingerprint density at radius 3 is 2.39 bits per heavy atom. The van der Waals surface area contributed by atoms with Gasteiger partial charge in [0, 0.05) is 25.8 Å². The molecule has 0 fully saturated rings. The van der Waals surface area contributed by atoms with Crippen LogP contribution in [0.4, 0.5) is 11.5 Å². The number of anilines is 2. The van der Waals surface area contributed by atoms with Crippen LogP contribution in [0.5, 0.6) is 0 Å². The second-order valence-corrected chi connectivity index (χ2v) is 7.11. The molecule has 2 aromatic carbocycles. The van der Waals surface area contributed by atoms with Crippen LogP contribution in [0.15, 0.2) is 79.0 Å². The highest BCUT2D eigenvalue weighted by Crippen LogP contribution is 2.34. The van der Waals surface area contributed by atoms with Crippen molar-refractivity contribution in [2.75, 3.05) is 22.9 Å². The predicted molar refractivity (Wildman–Crippen MR) is 114 cm³/mol. The SMILES string of the molecule is CCC(C(=O)N1CCN(Cc2ccccc2)c2ncccc21)c1ccccc1. The molecule has 1 aliphatic rings. The van der Waals surface area contributed by atoms with Gasteiger partial charge in [-0.2, -0.15) is 0 Å². The summed E-state index contributed by atoms with van der Waals surface area (Å²) < 4.78 is 0. The van der Waals surface area contributed by atoms with Gasteiger partial charge >= 0.3 is 0 Å². The number of carbonyl (C=O) groups is 1. The summed E-state index contributed by atoms with van der Waals surface area (Å²) in [7, 11) is 0. The zero-order valence-corrected chi connectivity index (χ0v) is 16.2. The summed E-state index contributed by atoms with van der Waals surface area (Å²) in [5, 5.41) is 0. The number of fused-ring (bicyclic) bond motifs is 1. The Morgan fingerprint density at radius 1 is 0.964 bits per heavy atom. The fraction of sp³-hybridized carbons (Fsp3) is 0.250. The van der Waals surface area contributed by atoms with Crippen molar-refractivity contribution in [1.82, 2.24) is 4.98 Å². The molecule has 0 spiro atoms. The molecule has 4 heteroatoms. The van der Waals surface area contributed by atoms with E-state index in [9.17, 15) is 4.79 Å². The first-order chi connectivity index (χ1) is 13.8. The van der Waals surface area contributed by atoms with Crippen molar-refractivity contribution < 1.29 is 4.79 Å². The van der Waals surface area contributed by atoms with Crippen molar-refractivity contribution in [3.05, 3.63) is 90.1 Å². The van der Waals surface area contributed by atoms with Crippen molar-refractivity contribution in [3.63, 3.8) is 0 Å². The van der Waals surface area contributed by atoms with Crippen LogP contribution in [-0.2, 0) is 11.3 Å². The second-order valence-electron chi connectivity index (χ2n) is 7.11.